The van der Waals surface area contributed by atoms with Crippen molar-refractivity contribution in [2.45, 2.75) is 42.2 Å². The van der Waals surface area contributed by atoms with Crippen molar-refractivity contribution < 1.29 is 31.5 Å². The molecule has 10 nitrogen and oxygen atoms in total. The highest BCUT2D eigenvalue weighted by atomic mass is 32.2. The van der Waals surface area contributed by atoms with Gasteiger partial charge in [0.15, 0.2) is 0 Å². The molecule has 0 aliphatic carbocycles. The lowest BCUT2D eigenvalue weighted by molar-refractivity contribution is -0.134. The summed E-state index contributed by atoms with van der Waals surface area (Å²) < 4.78 is 62.5. The zero-order chi connectivity index (χ0) is 29.8. The first kappa shape index (κ1) is 30.5. The Morgan fingerprint density at radius 1 is 1.00 bits per heavy atom. The van der Waals surface area contributed by atoms with Crippen LogP contribution in [0.15, 0.2) is 88.7 Å². The summed E-state index contributed by atoms with van der Waals surface area (Å²) in [5.41, 5.74) is 0.685. The second-order valence-corrected chi connectivity index (χ2v) is 14.0. The molecule has 2 N–H and O–H groups in total. The maximum absolute atomic E-state index is 13.4. The molecule has 3 aromatic rings. The number of likely N-dealkylation sites (N-methyl/N-ethyl adjacent to an activating group) is 1. The monoisotopic (exact) mass is 601 g/mol. The van der Waals surface area contributed by atoms with Gasteiger partial charge in [-0.25, -0.2) is 16.8 Å². The first-order chi connectivity index (χ1) is 19.4. The third-order valence-corrected chi connectivity index (χ3v) is 10.3. The number of nitrogens with one attached hydrogen (secondary N) is 1. The predicted octanol–water partition coefficient (Wildman–Crippen LogP) is 2.96. The minimum Gasteiger partial charge on any atom is -0.488 e. The number of anilines is 1. The van der Waals surface area contributed by atoms with Gasteiger partial charge in [-0.15, -0.1) is 0 Å². The Balaban J connectivity index is 1.68. The van der Waals surface area contributed by atoms with E-state index < -0.39 is 32.2 Å². The third-order valence-electron chi connectivity index (χ3n) is 7.11. The molecule has 0 fully saturated rings. The van der Waals surface area contributed by atoms with Gasteiger partial charge in [-0.2, -0.15) is 4.31 Å². The van der Waals surface area contributed by atoms with Crippen LogP contribution in [-0.4, -0.2) is 75.9 Å². The second-order valence-electron chi connectivity index (χ2n) is 10.2. The van der Waals surface area contributed by atoms with Crippen LogP contribution < -0.4 is 9.46 Å². The highest BCUT2D eigenvalue weighted by Crippen LogP contribution is 2.30. The summed E-state index contributed by atoms with van der Waals surface area (Å²) in [6.45, 7) is 3.57. The topological polar surface area (TPSA) is 133 Å². The Labute approximate surface area is 241 Å². The van der Waals surface area contributed by atoms with Gasteiger partial charge in [0.05, 0.1) is 35.4 Å². The van der Waals surface area contributed by atoms with Gasteiger partial charge in [-0.1, -0.05) is 43.3 Å². The molecule has 12 heteroatoms. The molecule has 0 radical (unpaired) electrons. The Kier molecular flexibility index (Phi) is 9.37. The first-order valence-corrected chi connectivity index (χ1v) is 16.1. The highest BCUT2D eigenvalue weighted by Gasteiger charge is 2.33. The molecule has 0 bridgehead atoms. The fourth-order valence-electron chi connectivity index (χ4n) is 4.65. The van der Waals surface area contributed by atoms with Crippen LogP contribution in [0.4, 0.5) is 5.69 Å². The quantitative estimate of drug-likeness (QED) is 0.385. The van der Waals surface area contributed by atoms with E-state index >= 15 is 0 Å². The van der Waals surface area contributed by atoms with Crippen LogP contribution in [0.3, 0.4) is 0 Å². The normalized spacial score (nSPS) is 19.0. The van der Waals surface area contributed by atoms with Crippen molar-refractivity contribution in [2.75, 3.05) is 31.5 Å². The van der Waals surface area contributed by atoms with Gasteiger partial charge in [-0.05, 0) is 49.4 Å². The average Bonchev–Trinajstić information content (AvgIpc) is 3.00. The number of rotatable bonds is 9. The van der Waals surface area contributed by atoms with Crippen LogP contribution in [0, 0.1) is 5.92 Å². The molecule has 1 amide bonds. The van der Waals surface area contributed by atoms with Gasteiger partial charge in [0.1, 0.15) is 11.9 Å². The predicted molar refractivity (Wildman–Crippen MR) is 155 cm³/mol. The van der Waals surface area contributed by atoms with Crippen LogP contribution in [0.1, 0.15) is 19.4 Å². The molecule has 3 atom stereocenters. The number of carbonyl (C=O) groups is 1. The number of fused-ring (bicyclic) bond motifs is 1. The average molecular weight is 602 g/mol. The molecular formula is C29H35N3O7S2. The van der Waals surface area contributed by atoms with E-state index in [4.69, 9.17) is 4.74 Å². The van der Waals surface area contributed by atoms with Gasteiger partial charge >= 0.3 is 0 Å². The SMILES string of the molecule is C[C@@H]1CN([C@H](C)CO)C(=O)Cc2cc(NS(=O)(=O)c3ccccc3)ccc2O[C@H]1CN(C)S(=O)(=O)c1ccccc1. The molecule has 1 aliphatic heterocycles. The van der Waals surface area contributed by atoms with E-state index in [9.17, 15) is 26.7 Å². The highest BCUT2D eigenvalue weighted by molar-refractivity contribution is 7.92. The standard InChI is InChI=1S/C29H35N3O7S2/c1-21-18-32(22(2)20-33)29(34)17-23-16-24(30-40(35,36)25-10-6-4-7-11-25)14-15-27(23)39-28(21)19-31(3)41(37,38)26-12-8-5-9-13-26/h4-16,21-22,28,30,33H,17-20H2,1-3H3/t21-,22-,28+/m1/s1. The number of amides is 1. The molecule has 0 aromatic heterocycles. The van der Waals surface area contributed by atoms with Gasteiger partial charge in [0.25, 0.3) is 10.0 Å². The minimum atomic E-state index is -3.88. The van der Waals surface area contributed by atoms with Gasteiger partial charge in [-0.3, -0.25) is 9.52 Å². The zero-order valence-electron chi connectivity index (χ0n) is 23.2. The summed E-state index contributed by atoms with van der Waals surface area (Å²) in [7, 11) is -6.21. The van der Waals surface area contributed by atoms with E-state index in [1.54, 1.807) is 66.4 Å². The number of aliphatic hydroxyl groups is 1. The van der Waals surface area contributed by atoms with Crippen molar-refractivity contribution in [3.05, 3.63) is 84.4 Å². The minimum absolute atomic E-state index is 0.00421. The molecule has 3 aromatic carbocycles. The molecule has 41 heavy (non-hydrogen) atoms. The van der Waals surface area contributed by atoms with E-state index in [0.717, 1.165) is 0 Å². The lowest BCUT2D eigenvalue weighted by atomic mass is 10.0. The molecule has 4 rings (SSSR count). The number of carbonyl (C=O) groups excluding carboxylic acids is 1. The fourth-order valence-corrected chi connectivity index (χ4v) is 6.92. The summed E-state index contributed by atoms with van der Waals surface area (Å²) in [6, 6.07) is 20.2. The maximum atomic E-state index is 13.4. The van der Waals surface area contributed by atoms with Crippen molar-refractivity contribution in [1.82, 2.24) is 9.21 Å². The second kappa shape index (κ2) is 12.6. The molecular weight excluding hydrogens is 566 g/mol. The number of hydrogen-bond acceptors (Lipinski definition) is 7. The van der Waals surface area contributed by atoms with E-state index in [1.807, 2.05) is 6.92 Å². The van der Waals surface area contributed by atoms with Crippen LogP contribution in [-0.2, 0) is 31.3 Å². The van der Waals surface area contributed by atoms with Crippen LogP contribution in [0.25, 0.3) is 0 Å². The molecule has 0 saturated heterocycles. The summed E-state index contributed by atoms with van der Waals surface area (Å²) in [5.74, 6) is -0.234. The zero-order valence-corrected chi connectivity index (χ0v) is 24.8. The van der Waals surface area contributed by atoms with E-state index in [1.165, 1.54) is 35.6 Å². The van der Waals surface area contributed by atoms with Crippen molar-refractivity contribution in [1.29, 1.82) is 0 Å². The van der Waals surface area contributed by atoms with E-state index in [2.05, 4.69) is 4.72 Å². The number of sulfonamides is 2. The first-order valence-electron chi connectivity index (χ1n) is 13.2. The number of ether oxygens (including phenoxy) is 1. The molecule has 1 heterocycles. The van der Waals surface area contributed by atoms with Gasteiger partial charge < -0.3 is 14.7 Å². The number of nitrogens with zero attached hydrogens (tertiary/aromatic N) is 2. The van der Waals surface area contributed by atoms with E-state index in [0.29, 0.717) is 11.3 Å². The molecule has 0 unspecified atom stereocenters. The Hall–Kier alpha value is -3.45. The summed E-state index contributed by atoms with van der Waals surface area (Å²) in [4.78, 5) is 15.2. The smallest absolute Gasteiger partial charge is 0.261 e. The summed E-state index contributed by atoms with van der Waals surface area (Å²) in [5, 5.41) is 9.85. The Morgan fingerprint density at radius 3 is 2.22 bits per heavy atom. The molecule has 0 spiro atoms. The number of aliphatic hydroxyl groups excluding tert-OH is 1. The van der Waals surface area contributed by atoms with Crippen molar-refractivity contribution in [3.8, 4) is 5.75 Å². The van der Waals surface area contributed by atoms with Crippen LogP contribution >= 0.6 is 0 Å². The van der Waals surface area contributed by atoms with Gasteiger partial charge in [0.2, 0.25) is 15.9 Å². The maximum Gasteiger partial charge on any atom is 0.261 e. The van der Waals surface area contributed by atoms with Crippen molar-refractivity contribution in [3.63, 3.8) is 0 Å². The lowest BCUT2D eigenvalue weighted by Crippen LogP contribution is -2.48. The summed E-state index contributed by atoms with van der Waals surface area (Å²) in [6.07, 6.45) is -0.763. The van der Waals surface area contributed by atoms with Crippen LogP contribution in [0.2, 0.25) is 0 Å². The Bertz CT molecular complexity index is 1570. The summed E-state index contributed by atoms with van der Waals surface area (Å²) >= 11 is 0. The lowest BCUT2D eigenvalue weighted by Gasteiger charge is -2.33. The van der Waals surface area contributed by atoms with E-state index in [-0.39, 0.29) is 53.4 Å². The molecule has 220 valence electrons. The third kappa shape index (κ3) is 7.07. The molecule has 1 aliphatic rings. The number of hydrogen-bond donors (Lipinski definition) is 2. The molecule has 0 saturated carbocycles. The van der Waals surface area contributed by atoms with Crippen LogP contribution in [0.5, 0.6) is 5.75 Å². The van der Waals surface area contributed by atoms with Gasteiger partial charge in [0, 0.05) is 30.8 Å². The van der Waals surface area contributed by atoms with Crippen molar-refractivity contribution in [2.24, 2.45) is 5.92 Å². The van der Waals surface area contributed by atoms with Crippen molar-refractivity contribution >= 4 is 31.6 Å². The largest absolute Gasteiger partial charge is 0.488 e. The Morgan fingerprint density at radius 2 is 1.61 bits per heavy atom. The number of benzene rings is 3. The fraction of sp³-hybridized carbons (Fsp3) is 0.345.